The van der Waals surface area contributed by atoms with E-state index in [9.17, 15) is 13.2 Å². The van der Waals surface area contributed by atoms with Crippen LogP contribution in [0.15, 0.2) is 6.20 Å². The minimum atomic E-state index is -3.71. The Morgan fingerprint density at radius 3 is 3.00 bits per heavy atom. The predicted octanol–water partition coefficient (Wildman–Crippen LogP) is 0.650. The highest BCUT2D eigenvalue weighted by atomic mass is 32.2. The van der Waals surface area contributed by atoms with E-state index in [-0.39, 0.29) is 12.5 Å². The van der Waals surface area contributed by atoms with Gasteiger partial charge in [-0.15, -0.1) is 0 Å². The maximum absolute atomic E-state index is 12.3. The van der Waals surface area contributed by atoms with Gasteiger partial charge in [-0.1, -0.05) is 0 Å². The third-order valence-corrected chi connectivity index (χ3v) is 4.88. The molecule has 0 spiro atoms. The summed E-state index contributed by atoms with van der Waals surface area (Å²) in [7, 11) is -3.71. The molecule has 2 rings (SSSR count). The van der Waals surface area contributed by atoms with Gasteiger partial charge in [-0.25, -0.2) is 0 Å². The van der Waals surface area contributed by atoms with Gasteiger partial charge in [0.15, 0.2) is 0 Å². The van der Waals surface area contributed by atoms with E-state index < -0.39 is 16.1 Å². The number of anilines is 1. The van der Waals surface area contributed by atoms with E-state index in [0.29, 0.717) is 37.4 Å². The summed E-state index contributed by atoms with van der Waals surface area (Å²) in [6, 6.07) is 0. The van der Waals surface area contributed by atoms with Crippen LogP contribution in [0.5, 0.6) is 0 Å². The molecule has 9 heteroatoms. The number of carbonyl (C=O) groups is 1. The Labute approximate surface area is 124 Å². The summed E-state index contributed by atoms with van der Waals surface area (Å²) >= 11 is 0. The monoisotopic (exact) mass is 316 g/mol. The summed E-state index contributed by atoms with van der Waals surface area (Å²) in [6.07, 6.45) is 2.82. The summed E-state index contributed by atoms with van der Waals surface area (Å²) in [6.45, 7) is 4.31. The standard InChI is InChI=1S/C12H20N4O4S/c1-3-20-12(17)10-5-4-6-16(8-10)21(18,19)15-11-9(2)7-13-14-11/h7,10H,3-6,8H2,1-2H3,(H2,13,14,15). The summed E-state index contributed by atoms with van der Waals surface area (Å²) in [5.74, 6) is -0.401. The summed E-state index contributed by atoms with van der Waals surface area (Å²) < 4.78 is 33.4. The highest BCUT2D eigenvalue weighted by molar-refractivity contribution is 7.90. The van der Waals surface area contributed by atoms with Gasteiger partial charge in [0.05, 0.1) is 18.7 Å². The summed E-state index contributed by atoms with van der Waals surface area (Å²) in [4.78, 5) is 11.8. The molecule has 2 N–H and O–H groups in total. The largest absolute Gasteiger partial charge is 0.466 e. The number of carbonyl (C=O) groups excluding carboxylic acids is 1. The normalized spacial score (nSPS) is 20.2. The lowest BCUT2D eigenvalue weighted by atomic mass is 10.0. The van der Waals surface area contributed by atoms with E-state index in [1.54, 1.807) is 13.8 Å². The van der Waals surface area contributed by atoms with Gasteiger partial charge in [0.25, 0.3) is 0 Å². The third-order valence-electron chi connectivity index (χ3n) is 3.40. The number of nitrogens with one attached hydrogen (secondary N) is 2. The summed E-state index contributed by atoms with van der Waals surface area (Å²) in [5.41, 5.74) is 0.706. The number of piperidine rings is 1. The maximum atomic E-state index is 12.3. The molecular weight excluding hydrogens is 296 g/mol. The molecule has 0 aromatic carbocycles. The Balaban J connectivity index is 2.06. The van der Waals surface area contributed by atoms with Crippen molar-refractivity contribution < 1.29 is 17.9 Å². The predicted molar refractivity (Wildman–Crippen MR) is 76.8 cm³/mol. The van der Waals surface area contributed by atoms with Gasteiger partial charge >= 0.3 is 16.2 Å². The quantitative estimate of drug-likeness (QED) is 0.776. The number of aryl methyl sites for hydroxylation is 1. The number of hydrogen-bond donors (Lipinski definition) is 2. The number of hydrogen-bond acceptors (Lipinski definition) is 5. The fourth-order valence-electron chi connectivity index (χ4n) is 2.26. The van der Waals surface area contributed by atoms with Gasteiger partial charge in [0.2, 0.25) is 0 Å². The number of aromatic amines is 1. The number of esters is 1. The molecule has 1 saturated heterocycles. The lowest BCUT2D eigenvalue weighted by molar-refractivity contribution is -0.149. The zero-order valence-electron chi connectivity index (χ0n) is 12.1. The van der Waals surface area contributed by atoms with E-state index >= 15 is 0 Å². The van der Waals surface area contributed by atoms with E-state index in [1.165, 1.54) is 10.5 Å². The average Bonchev–Trinajstić information content (AvgIpc) is 2.84. The molecule has 1 fully saturated rings. The fraction of sp³-hybridized carbons (Fsp3) is 0.667. The first-order chi connectivity index (χ1) is 9.94. The SMILES string of the molecule is CCOC(=O)C1CCCN(S(=O)(=O)Nc2[nH]ncc2C)C1. The Kier molecular flexibility index (Phi) is 4.84. The Bertz CT molecular complexity index is 598. The second-order valence-corrected chi connectivity index (χ2v) is 6.65. The van der Waals surface area contributed by atoms with Gasteiger partial charge in [-0.05, 0) is 26.7 Å². The van der Waals surface area contributed by atoms with E-state index in [4.69, 9.17) is 4.74 Å². The number of aromatic nitrogens is 2. The van der Waals surface area contributed by atoms with Crippen molar-refractivity contribution in [3.05, 3.63) is 11.8 Å². The van der Waals surface area contributed by atoms with Crippen molar-refractivity contribution >= 4 is 22.0 Å². The highest BCUT2D eigenvalue weighted by Gasteiger charge is 2.33. The van der Waals surface area contributed by atoms with Crippen LogP contribution in [0.2, 0.25) is 0 Å². The van der Waals surface area contributed by atoms with Crippen molar-refractivity contribution in [2.45, 2.75) is 26.7 Å². The first kappa shape index (κ1) is 15.8. The van der Waals surface area contributed by atoms with Gasteiger partial charge < -0.3 is 4.74 Å². The van der Waals surface area contributed by atoms with Crippen LogP contribution in [-0.2, 0) is 19.7 Å². The van der Waals surface area contributed by atoms with Crippen LogP contribution in [0.4, 0.5) is 5.82 Å². The third kappa shape index (κ3) is 3.73. The Hall–Kier alpha value is -1.61. The molecule has 1 aliphatic heterocycles. The van der Waals surface area contributed by atoms with Gasteiger partial charge in [0, 0.05) is 18.7 Å². The lowest BCUT2D eigenvalue weighted by Gasteiger charge is -2.30. The Morgan fingerprint density at radius 1 is 1.62 bits per heavy atom. The molecule has 0 aliphatic carbocycles. The molecule has 21 heavy (non-hydrogen) atoms. The molecule has 2 heterocycles. The van der Waals surface area contributed by atoms with Crippen molar-refractivity contribution in [2.75, 3.05) is 24.4 Å². The second kappa shape index (κ2) is 6.44. The smallest absolute Gasteiger partial charge is 0.310 e. The van der Waals surface area contributed by atoms with Crippen LogP contribution < -0.4 is 4.72 Å². The maximum Gasteiger partial charge on any atom is 0.310 e. The topological polar surface area (TPSA) is 104 Å². The zero-order chi connectivity index (χ0) is 15.5. The number of nitrogens with zero attached hydrogens (tertiary/aromatic N) is 2. The average molecular weight is 316 g/mol. The van der Waals surface area contributed by atoms with Crippen molar-refractivity contribution in [1.82, 2.24) is 14.5 Å². The minimum Gasteiger partial charge on any atom is -0.466 e. The number of rotatable bonds is 5. The molecule has 0 radical (unpaired) electrons. The number of H-pyrrole nitrogens is 1. The minimum absolute atomic E-state index is 0.140. The van der Waals surface area contributed by atoms with E-state index in [1.807, 2.05) is 0 Å². The van der Waals surface area contributed by atoms with E-state index in [0.717, 1.165) is 0 Å². The number of ether oxygens (including phenoxy) is 1. The molecular formula is C12H20N4O4S. The van der Waals surface area contributed by atoms with Crippen molar-refractivity contribution in [2.24, 2.45) is 5.92 Å². The highest BCUT2D eigenvalue weighted by Crippen LogP contribution is 2.22. The van der Waals surface area contributed by atoms with Gasteiger partial charge in [-0.3, -0.25) is 14.6 Å². The van der Waals surface area contributed by atoms with Crippen LogP contribution in [0, 0.1) is 12.8 Å². The van der Waals surface area contributed by atoms with Crippen LogP contribution in [-0.4, -0.2) is 48.6 Å². The Morgan fingerprint density at radius 2 is 2.38 bits per heavy atom. The molecule has 118 valence electrons. The molecule has 1 atom stereocenters. The first-order valence-electron chi connectivity index (χ1n) is 6.88. The molecule has 1 aromatic rings. The van der Waals surface area contributed by atoms with E-state index in [2.05, 4.69) is 14.9 Å². The van der Waals surface area contributed by atoms with Crippen molar-refractivity contribution in [3.63, 3.8) is 0 Å². The molecule has 1 aliphatic rings. The molecule has 8 nitrogen and oxygen atoms in total. The molecule has 0 saturated carbocycles. The van der Waals surface area contributed by atoms with Crippen molar-refractivity contribution in [1.29, 1.82) is 0 Å². The fourth-order valence-corrected chi connectivity index (χ4v) is 3.60. The summed E-state index contributed by atoms with van der Waals surface area (Å²) in [5, 5.41) is 6.37. The van der Waals surface area contributed by atoms with Crippen molar-refractivity contribution in [3.8, 4) is 0 Å². The van der Waals surface area contributed by atoms with Crippen LogP contribution >= 0.6 is 0 Å². The lowest BCUT2D eigenvalue weighted by Crippen LogP contribution is -2.45. The van der Waals surface area contributed by atoms with Gasteiger partial charge in [-0.2, -0.15) is 17.8 Å². The molecule has 0 amide bonds. The molecule has 1 aromatic heterocycles. The molecule has 1 unspecified atom stereocenters. The molecule has 0 bridgehead atoms. The second-order valence-electron chi connectivity index (χ2n) is 4.98. The van der Waals surface area contributed by atoms with Gasteiger partial charge in [0.1, 0.15) is 5.82 Å². The van der Waals surface area contributed by atoms with Crippen LogP contribution in [0.3, 0.4) is 0 Å². The van der Waals surface area contributed by atoms with Crippen LogP contribution in [0.1, 0.15) is 25.3 Å². The zero-order valence-corrected chi connectivity index (χ0v) is 12.9. The van der Waals surface area contributed by atoms with Crippen LogP contribution in [0.25, 0.3) is 0 Å². The first-order valence-corrected chi connectivity index (χ1v) is 8.32.